The molecular formula is C17H16ClNO4S. The Morgan fingerprint density at radius 1 is 1.21 bits per heavy atom. The number of sulfonamides is 1. The molecule has 5 nitrogen and oxygen atoms in total. The van der Waals surface area contributed by atoms with Gasteiger partial charge in [-0.05, 0) is 40.8 Å². The van der Waals surface area contributed by atoms with E-state index in [-0.39, 0.29) is 13.0 Å². The highest BCUT2D eigenvalue weighted by molar-refractivity contribution is 7.89. The number of fused-ring (bicyclic) bond motifs is 3. The van der Waals surface area contributed by atoms with Gasteiger partial charge < -0.3 is 4.74 Å². The topological polar surface area (TPSA) is 86.5 Å². The molecule has 0 aliphatic heterocycles. The zero-order valence-electron chi connectivity index (χ0n) is 13.0. The first-order valence-electron chi connectivity index (χ1n) is 7.42. The van der Waals surface area contributed by atoms with Gasteiger partial charge in [-0.3, -0.25) is 4.79 Å². The van der Waals surface area contributed by atoms with Crippen LogP contribution in [-0.2, 0) is 26.0 Å². The molecule has 0 aromatic heterocycles. The third-order valence-corrected chi connectivity index (χ3v) is 5.55. The van der Waals surface area contributed by atoms with E-state index in [4.69, 9.17) is 21.5 Å². The third kappa shape index (κ3) is 2.81. The second-order valence-electron chi connectivity index (χ2n) is 5.53. The minimum Gasteiger partial charge on any atom is -0.466 e. The third-order valence-electron chi connectivity index (χ3n) is 4.05. The number of carbonyl (C=O) groups excluding carboxylic acids is 1. The number of halogens is 1. The van der Waals surface area contributed by atoms with E-state index in [9.17, 15) is 13.2 Å². The average molecular weight is 366 g/mol. The number of hydrogen-bond donors (Lipinski definition) is 1. The van der Waals surface area contributed by atoms with E-state index >= 15 is 0 Å². The number of benzene rings is 2. The standard InChI is InChI=1S/C17H16ClNO4S/c1-2-23-15(20)9-13-14(18)8-7-11-10-5-3-4-6-12(10)17(16(11)13)24(19,21)22/h3-8,17H,2,9H2,1H3,(H2,19,21,22). The minimum absolute atomic E-state index is 0.101. The molecule has 1 unspecified atom stereocenters. The second-order valence-corrected chi connectivity index (χ2v) is 7.58. The summed E-state index contributed by atoms with van der Waals surface area (Å²) < 4.78 is 29.5. The molecule has 126 valence electrons. The van der Waals surface area contributed by atoms with Crippen molar-refractivity contribution >= 4 is 27.6 Å². The average Bonchev–Trinajstić information content (AvgIpc) is 2.85. The van der Waals surface area contributed by atoms with Gasteiger partial charge in [0, 0.05) is 5.02 Å². The number of carbonyl (C=O) groups is 1. The summed E-state index contributed by atoms with van der Waals surface area (Å²) in [5.74, 6) is -0.461. The Bertz CT molecular complexity index is 924. The van der Waals surface area contributed by atoms with Crippen molar-refractivity contribution in [3.05, 3.63) is 58.1 Å². The van der Waals surface area contributed by atoms with Crippen molar-refractivity contribution in [3.8, 4) is 11.1 Å². The van der Waals surface area contributed by atoms with Crippen LogP contribution in [0, 0.1) is 0 Å². The van der Waals surface area contributed by atoms with Crippen LogP contribution in [0.3, 0.4) is 0 Å². The van der Waals surface area contributed by atoms with Crippen LogP contribution in [0.5, 0.6) is 0 Å². The molecule has 3 rings (SSSR count). The summed E-state index contributed by atoms with van der Waals surface area (Å²) in [6.07, 6.45) is -0.101. The Morgan fingerprint density at radius 3 is 2.58 bits per heavy atom. The van der Waals surface area contributed by atoms with Crippen molar-refractivity contribution in [2.24, 2.45) is 5.14 Å². The Balaban J connectivity index is 2.25. The number of primary sulfonamides is 1. The first-order chi connectivity index (χ1) is 11.3. The Labute approximate surface area is 145 Å². The summed E-state index contributed by atoms with van der Waals surface area (Å²) in [7, 11) is -3.93. The summed E-state index contributed by atoms with van der Waals surface area (Å²) in [6, 6.07) is 10.6. The van der Waals surface area contributed by atoms with Gasteiger partial charge in [-0.2, -0.15) is 0 Å². The summed E-state index contributed by atoms with van der Waals surface area (Å²) in [5, 5.41) is 4.78. The molecule has 1 aliphatic carbocycles. The lowest BCUT2D eigenvalue weighted by atomic mass is 9.99. The molecule has 0 heterocycles. The van der Waals surface area contributed by atoms with Gasteiger partial charge in [0.15, 0.2) is 0 Å². The fourth-order valence-electron chi connectivity index (χ4n) is 3.18. The molecular weight excluding hydrogens is 350 g/mol. The van der Waals surface area contributed by atoms with E-state index in [1.54, 1.807) is 31.2 Å². The van der Waals surface area contributed by atoms with E-state index in [0.29, 0.717) is 21.7 Å². The van der Waals surface area contributed by atoms with E-state index < -0.39 is 21.2 Å². The number of rotatable bonds is 4. The molecule has 0 saturated heterocycles. The number of nitrogens with two attached hydrogens (primary N) is 1. The molecule has 7 heteroatoms. The van der Waals surface area contributed by atoms with E-state index in [1.807, 2.05) is 12.1 Å². The highest BCUT2D eigenvalue weighted by Crippen LogP contribution is 2.49. The Morgan fingerprint density at radius 2 is 1.92 bits per heavy atom. The quantitative estimate of drug-likeness (QED) is 0.844. The van der Waals surface area contributed by atoms with Gasteiger partial charge in [-0.15, -0.1) is 0 Å². The van der Waals surface area contributed by atoms with Crippen LogP contribution in [-0.4, -0.2) is 21.0 Å². The lowest BCUT2D eigenvalue weighted by Crippen LogP contribution is -2.22. The minimum atomic E-state index is -3.93. The van der Waals surface area contributed by atoms with Gasteiger partial charge in [0.2, 0.25) is 10.0 Å². The first-order valence-corrected chi connectivity index (χ1v) is 9.41. The largest absolute Gasteiger partial charge is 0.466 e. The highest BCUT2D eigenvalue weighted by Gasteiger charge is 2.38. The maximum atomic E-state index is 12.3. The fourth-order valence-corrected chi connectivity index (χ4v) is 4.56. The van der Waals surface area contributed by atoms with Gasteiger partial charge in [-0.1, -0.05) is 41.9 Å². The van der Waals surface area contributed by atoms with Crippen LogP contribution in [0.15, 0.2) is 36.4 Å². The molecule has 0 spiro atoms. The molecule has 0 amide bonds. The Hall–Kier alpha value is -1.89. The fraction of sp³-hybridized carbons (Fsp3) is 0.235. The summed E-state index contributed by atoms with van der Waals surface area (Å²) in [6.45, 7) is 1.95. The molecule has 1 atom stereocenters. The molecule has 0 radical (unpaired) electrons. The maximum Gasteiger partial charge on any atom is 0.310 e. The highest BCUT2D eigenvalue weighted by atomic mass is 35.5. The van der Waals surface area contributed by atoms with Gasteiger partial charge >= 0.3 is 5.97 Å². The zero-order valence-corrected chi connectivity index (χ0v) is 14.5. The number of esters is 1. The van der Waals surface area contributed by atoms with Crippen LogP contribution in [0.25, 0.3) is 11.1 Å². The number of hydrogen-bond acceptors (Lipinski definition) is 4. The van der Waals surface area contributed by atoms with Crippen molar-refractivity contribution in [1.82, 2.24) is 0 Å². The van der Waals surface area contributed by atoms with Crippen molar-refractivity contribution in [2.75, 3.05) is 6.61 Å². The van der Waals surface area contributed by atoms with Crippen LogP contribution in [0.1, 0.15) is 28.9 Å². The number of ether oxygens (including phenoxy) is 1. The lowest BCUT2D eigenvalue weighted by Gasteiger charge is -2.16. The normalized spacial score (nSPS) is 15.7. The van der Waals surface area contributed by atoms with Crippen molar-refractivity contribution < 1.29 is 17.9 Å². The SMILES string of the molecule is CCOC(=O)Cc1c(Cl)ccc2c1C(S(N)(=O)=O)c1ccccc1-2. The molecule has 2 N–H and O–H groups in total. The summed E-state index contributed by atoms with van der Waals surface area (Å²) >= 11 is 6.27. The zero-order chi connectivity index (χ0) is 17.5. The monoisotopic (exact) mass is 365 g/mol. The first kappa shape index (κ1) is 17.0. The smallest absolute Gasteiger partial charge is 0.310 e. The maximum absolute atomic E-state index is 12.3. The van der Waals surface area contributed by atoms with Gasteiger partial charge in [-0.25, -0.2) is 13.6 Å². The molecule has 0 fully saturated rings. The van der Waals surface area contributed by atoms with Crippen LogP contribution >= 0.6 is 11.6 Å². The molecule has 2 aromatic rings. The van der Waals surface area contributed by atoms with Crippen molar-refractivity contribution in [3.63, 3.8) is 0 Å². The lowest BCUT2D eigenvalue weighted by molar-refractivity contribution is -0.142. The van der Waals surface area contributed by atoms with Crippen LogP contribution in [0.4, 0.5) is 0 Å². The Kier molecular flexibility index (Phi) is 4.38. The van der Waals surface area contributed by atoms with E-state index in [1.165, 1.54) is 0 Å². The summed E-state index contributed by atoms with van der Waals surface area (Å²) in [4.78, 5) is 11.9. The van der Waals surface area contributed by atoms with E-state index in [2.05, 4.69) is 0 Å². The second kappa shape index (κ2) is 6.20. The molecule has 0 bridgehead atoms. The van der Waals surface area contributed by atoms with Crippen LogP contribution in [0.2, 0.25) is 5.02 Å². The van der Waals surface area contributed by atoms with Crippen molar-refractivity contribution in [1.29, 1.82) is 0 Å². The van der Waals surface area contributed by atoms with Crippen LogP contribution < -0.4 is 5.14 Å². The molecule has 1 aliphatic rings. The van der Waals surface area contributed by atoms with Crippen molar-refractivity contribution in [2.45, 2.75) is 18.6 Å². The van der Waals surface area contributed by atoms with Gasteiger partial charge in [0.25, 0.3) is 0 Å². The molecule has 24 heavy (non-hydrogen) atoms. The predicted octanol–water partition coefficient (Wildman–Crippen LogP) is 2.80. The van der Waals surface area contributed by atoms with Gasteiger partial charge in [0.05, 0.1) is 13.0 Å². The summed E-state index contributed by atoms with van der Waals surface area (Å²) in [5.41, 5.74) is 3.03. The van der Waals surface area contributed by atoms with Gasteiger partial charge in [0.1, 0.15) is 5.25 Å². The molecule has 0 saturated carbocycles. The van der Waals surface area contributed by atoms with E-state index in [0.717, 1.165) is 11.1 Å². The predicted molar refractivity (Wildman–Crippen MR) is 92.2 cm³/mol. The molecule has 2 aromatic carbocycles.